The molecule has 0 spiro atoms. The van der Waals surface area contributed by atoms with Crippen molar-refractivity contribution < 1.29 is 9.18 Å². The number of nitrogens with one attached hydrogen (secondary N) is 1. The van der Waals surface area contributed by atoms with Gasteiger partial charge in [-0.05, 0) is 37.6 Å². The maximum atomic E-state index is 13.6. The van der Waals surface area contributed by atoms with E-state index in [1.165, 1.54) is 40.4 Å². The van der Waals surface area contributed by atoms with Crippen molar-refractivity contribution in [2.75, 3.05) is 5.32 Å². The fraction of sp³-hybridized carbons (Fsp3) is 0.235. The fourth-order valence-electron chi connectivity index (χ4n) is 2.46. The molecule has 3 rings (SSSR count). The summed E-state index contributed by atoms with van der Waals surface area (Å²) in [5.74, 6) is -0.978. The van der Waals surface area contributed by atoms with Crippen molar-refractivity contribution in [2.24, 2.45) is 0 Å². The second-order valence-electron chi connectivity index (χ2n) is 5.63. The van der Waals surface area contributed by atoms with E-state index in [1.807, 2.05) is 13.8 Å². The van der Waals surface area contributed by atoms with Crippen molar-refractivity contribution in [3.8, 4) is 0 Å². The maximum absolute atomic E-state index is 13.6. The van der Waals surface area contributed by atoms with Gasteiger partial charge < -0.3 is 5.32 Å². The van der Waals surface area contributed by atoms with E-state index in [-0.39, 0.29) is 24.2 Å². The Kier molecular flexibility index (Phi) is 4.87. The van der Waals surface area contributed by atoms with E-state index in [4.69, 9.17) is 11.6 Å². The van der Waals surface area contributed by atoms with Gasteiger partial charge in [0.05, 0.1) is 17.4 Å². The summed E-state index contributed by atoms with van der Waals surface area (Å²) in [4.78, 5) is 30.6. The second-order valence-corrected chi connectivity index (χ2v) is 7.27. The van der Waals surface area contributed by atoms with E-state index in [9.17, 15) is 14.0 Å². The summed E-state index contributed by atoms with van der Waals surface area (Å²) >= 11 is 7.27. The third kappa shape index (κ3) is 3.57. The Morgan fingerprint density at radius 3 is 2.92 bits per heavy atom. The fourth-order valence-corrected chi connectivity index (χ4v) is 3.62. The zero-order valence-corrected chi connectivity index (χ0v) is 15.2. The van der Waals surface area contributed by atoms with Gasteiger partial charge in [0.25, 0.3) is 5.56 Å². The standard InChI is InChI=1S/C17H15ClFN3O2S/c1-9-10(2)25-16-15(9)17(24)22(8-20-16)6-5-14(23)21-13-7-11(18)3-4-12(13)19/h3-4,7-8H,5-6H2,1-2H3,(H,21,23). The SMILES string of the molecule is Cc1sc2ncn(CCC(=O)Nc3cc(Cl)ccc3F)c(=O)c2c1C. The summed E-state index contributed by atoms with van der Waals surface area (Å²) in [6.45, 7) is 3.98. The lowest BCUT2D eigenvalue weighted by Crippen LogP contribution is -2.23. The van der Waals surface area contributed by atoms with E-state index >= 15 is 0 Å². The molecule has 0 saturated carbocycles. The summed E-state index contributed by atoms with van der Waals surface area (Å²) in [5.41, 5.74) is 0.758. The van der Waals surface area contributed by atoms with Crippen LogP contribution in [0.2, 0.25) is 5.02 Å². The lowest BCUT2D eigenvalue weighted by atomic mass is 10.2. The first-order valence-electron chi connectivity index (χ1n) is 7.57. The normalized spacial score (nSPS) is 11.0. The lowest BCUT2D eigenvalue weighted by molar-refractivity contribution is -0.116. The van der Waals surface area contributed by atoms with Crippen LogP contribution in [0.15, 0.2) is 29.3 Å². The largest absolute Gasteiger partial charge is 0.323 e. The molecule has 8 heteroatoms. The molecule has 0 unspecified atom stereocenters. The van der Waals surface area contributed by atoms with Crippen molar-refractivity contribution in [3.63, 3.8) is 0 Å². The average molecular weight is 380 g/mol. The summed E-state index contributed by atoms with van der Waals surface area (Å²) in [5, 5.41) is 3.38. The van der Waals surface area contributed by atoms with Crippen LogP contribution >= 0.6 is 22.9 Å². The molecule has 1 aromatic carbocycles. The minimum Gasteiger partial charge on any atom is -0.323 e. The van der Waals surface area contributed by atoms with Gasteiger partial charge in [0.2, 0.25) is 5.91 Å². The Balaban J connectivity index is 1.75. The number of anilines is 1. The average Bonchev–Trinajstić information content (AvgIpc) is 2.85. The minimum atomic E-state index is -0.567. The summed E-state index contributed by atoms with van der Waals surface area (Å²) < 4.78 is 15.0. The predicted octanol–water partition coefficient (Wildman–Crippen LogP) is 3.90. The first-order valence-corrected chi connectivity index (χ1v) is 8.76. The number of rotatable bonds is 4. The van der Waals surface area contributed by atoms with E-state index < -0.39 is 11.7 Å². The molecule has 2 heterocycles. The molecule has 5 nitrogen and oxygen atoms in total. The summed E-state index contributed by atoms with van der Waals surface area (Å²) in [6, 6.07) is 3.92. The number of nitrogens with zero attached hydrogens (tertiary/aromatic N) is 2. The molecule has 0 radical (unpaired) electrons. The zero-order valence-electron chi connectivity index (χ0n) is 13.6. The smallest absolute Gasteiger partial charge is 0.262 e. The molecule has 0 bridgehead atoms. The van der Waals surface area contributed by atoms with Gasteiger partial charge in [0, 0.05) is 22.9 Å². The second kappa shape index (κ2) is 6.93. The highest BCUT2D eigenvalue weighted by Crippen LogP contribution is 2.25. The van der Waals surface area contributed by atoms with Crippen molar-refractivity contribution in [3.05, 3.63) is 56.2 Å². The molecule has 0 atom stereocenters. The van der Waals surface area contributed by atoms with Gasteiger partial charge in [-0.2, -0.15) is 0 Å². The zero-order chi connectivity index (χ0) is 18.1. The highest BCUT2D eigenvalue weighted by atomic mass is 35.5. The van der Waals surface area contributed by atoms with Crippen LogP contribution in [0.4, 0.5) is 10.1 Å². The quantitative estimate of drug-likeness (QED) is 0.747. The first-order chi connectivity index (χ1) is 11.9. The van der Waals surface area contributed by atoms with Crippen LogP contribution in [0.3, 0.4) is 0 Å². The highest BCUT2D eigenvalue weighted by molar-refractivity contribution is 7.18. The van der Waals surface area contributed by atoms with Crippen LogP contribution in [-0.2, 0) is 11.3 Å². The van der Waals surface area contributed by atoms with Gasteiger partial charge in [-0.3, -0.25) is 14.2 Å². The molecule has 1 N–H and O–H groups in total. The monoisotopic (exact) mass is 379 g/mol. The van der Waals surface area contributed by atoms with Crippen molar-refractivity contribution >= 4 is 44.7 Å². The molecule has 0 fully saturated rings. The number of hydrogen-bond donors (Lipinski definition) is 1. The number of thiophene rings is 1. The van der Waals surface area contributed by atoms with Gasteiger partial charge in [0.15, 0.2) is 0 Å². The molecular weight excluding hydrogens is 365 g/mol. The van der Waals surface area contributed by atoms with Gasteiger partial charge in [-0.25, -0.2) is 9.37 Å². The Hall–Kier alpha value is -2.25. The molecule has 25 heavy (non-hydrogen) atoms. The molecule has 3 aromatic rings. The molecule has 0 aliphatic rings. The number of fused-ring (bicyclic) bond motifs is 1. The van der Waals surface area contributed by atoms with Crippen LogP contribution in [-0.4, -0.2) is 15.5 Å². The van der Waals surface area contributed by atoms with Gasteiger partial charge >= 0.3 is 0 Å². The topological polar surface area (TPSA) is 64.0 Å². The minimum absolute atomic E-state index is 0.0151. The molecule has 0 aliphatic carbocycles. The molecule has 1 amide bonds. The van der Waals surface area contributed by atoms with Crippen LogP contribution in [0.5, 0.6) is 0 Å². The predicted molar refractivity (Wildman–Crippen MR) is 98.0 cm³/mol. The number of benzene rings is 1. The Labute approximate surface area is 152 Å². The number of amides is 1. The van der Waals surface area contributed by atoms with Crippen molar-refractivity contribution in [2.45, 2.75) is 26.8 Å². The van der Waals surface area contributed by atoms with Crippen molar-refractivity contribution in [1.29, 1.82) is 0 Å². The van der Waals surface area contributed by atoms with E-state index in [0.717, 1.165) is 10.4 Å². The van der Waals surface area contributed by atoms with Crippen molar-refractivity contribution in [1.82, 2.24) is 9.55 Å². The first kappa shape index (κ1) is 17.6. The van der Waals surface area contributed by atoms with Crippen LogP contribution in [0.1, 0.15) is 16.9 Å². The molecule has 130 valence electrons. The third-order valence-electron chi connectivity index (χ3n) is 3.94. The number of halogens is 2. The van der Waals surface area contributed by atoms with E-state index in [1.54, 1.807) is 0 Å². The van der Waals surface area contributed by atoms with Crippen LogP contribution in [0.25, 0.3) is 10.2 Å². The molecule has 2 aromatic heterocycles. The number of carbonyl (C=O) groups excluding carboxylic acids is 1. The molecule has 0 aliphatic heterocycles. The highest BCUT2D eigenvalue weighted by Gasteiger charge is 2.13. The van der Waals surface area contributed by atoms with Crippen LogP contribution in [0, 0.1) is 19.7 Å². The Bertz CT molecular complexity index is 1030. The summed E-state index contributed by atoms with van der Waals surface area (Å²) in [7, 11) is 0. The number of aromatic nitrogens is 2. The number of carbonyl (C=O) groups is 1. The van der Waals surface area contributed by atoms with Gasteiger partial charge in [-0.1, -0.05) is 11.6 Å². The van der Waals surface area contributed by atoms with E-state index in [2.05, 4.69) is 10.3 Å². The number of aryl methyl sites for hydroxylation is 3. The van der Waals surface area contributed by atoms with E-state index in [0.29, 0.717) is 15.2 Å². The Morgan fingerprint density at radius 2 is 2.16 bits per heavy atom. The third-order valence-corrected chi connectivity index (χ3v) is 5.29. The molecular formula is C17H15ClFN3O2S. The molecule has 0 saturated heterocycles. The lowest BCUT2D eigenvalue weighted by Gasteiger charge is -2.08. The number of hydrogen-bond acceptors (Lipinski definition) is 4. The Morgan fingerprint density at radius 1 is 1.40 bits per heavy atom. The van der Waals surface area contributed by atoms with Gasteiger partial charge in [-0.15, -0.1) is 11.3 Å². The summed E-state index contributed by atoms with van der Waals surface area (Å²) in [6.07, 6.45) is 1.45. The van der Waals surface area contributed by atoms with Gasteiger partial charge in [0.1, 0.15) is 10.6 Å². The maximum Gasteiger partial charge on any atom is 0.262 e. The van der Waals surface area contributed by atoms with Crippen LogP contribution < -0.4 is 10.9 Å².